The van der Waals surface area contributed by atoms with Gasteiger partial charge < -0.3 is 15.5 Å². The van der Waals surface area contributed by atoms with Gasteiger partial charge in [-0.3, -0.25) is 0 Å². The summed E-state index contributed by atoms with van der Waals surface area (Å²) in [5.41, 5.74) is 0. The summed E-state index contributed by atoms with van der Waals surface area (Å²) in [5, 5.41) is 6.58. The maximum absolute atomic E-state index is 12.0. The van der Waals surface area contributed by atoms with Gasteiger partial charge in [-0.05, 0) is 44.6 Å². The van der Waals surface area contributed by atoms with Crippen molar-refractivity contribution in [2.45, 2.75) is 51.5 Å². The molecule has 0 radical (unpaired) electrons. The zero-order valence-corrected chi connectivity index (χ0v) is 11.6. The van der Waals surface area contributed by atoms with Gasteiger partial charge in [0, 0.05) is 25.7 Å². The van der Waals surface area contributed by atoms with Crippen molar-refractivity contribution in [2.24, 2.45) is 5.92 Å². The Hall–Kier alpha value is -0.770. The van der Waals surface area contributed by atoms with Crippen LogP contribution in [0.4, 0.5) is 4.79 Å². The van der Waals surface area contributed by atoms with Gasteiger partial charge in [-0.2, -0.15) is 0 Å². The lowest BCUT2D eigenvalue weighted by Gasteiger charge is -2.31. The van der Waals surface area contributed by atoms with Crippen LogP contribution in [0.15, 0.2) is 0 Å². The number of piperidine rings is 2. The van der Waals surface area contributed by atoms with Gasteiger partial charge in [0.05, 0.1) is 0 Å². The minimum absolute atomic E-state index is 0.136. The molecule has 104 valence electrons. The Morgan fingerprint density at radius 3 is 2.94 bits per heavy atom. The number of amides is 2. The summed E-state index contributed by atoms with van der Waals surface area (Å²) >= 11 is 0. The monoisotopic (exact) mass is 253 g/mol. The number of carbonyl (C=O) groups is 1. The highest BCUT2D eigenvalue weighted by atomic mass is 16.2. The number of hydrogen-bond donors (Lipinski definition) is 2. The third kappa shape index (κ3) is 4.16. The topological polar surface area (TPSA) is 44.4 Å². The van der Waals surface area contributed by atoms with Crippen molar-refractivity contribution in [3.8, 4) is 0 Å². The maximum atomic E-state index is 12.0. The minimum atomic E-state index is 0.136. The van der Waals surface area contributed by atoms with Crippen molar-refractivity contribution in [2.75, 3.05) is 26.2 Å². The Balaban J connectivity index is 1.61. The van der Waals surface area contributed by atoms with Crippen molar-refractivity contribution in [1.82, 2.24) is 15.5 Å². The van der Waals surface area contributed by atoms with Gasteiger partial charge in [-0.25, -0.2) is 4.79 Å². The Bertz CT molecular complexity index is 264. The van der Waals surface area contributed by atoms with E-state index < -0.39 is 0 Å². The second kappa shape index (κ2) is 6.98. The van der Waals surface area contributed by atoms with Crippen LogP contribution in [0.1, 0.15) is 45.4 Å². The molecule has 18 heavy (non-hydrogen) atoms. The molecule has 0 saturated carbocycles. The molecule has 0 aromatic carbocycles. The third-order valence-electron chi connectivity index (χ3n) is 4.13. The van der Waals surface area contributed by atoms with E-state index in [0.717, 1.165) is 39.0 Å². The Morgan fingerprint density at radius 2 is 2.22 bits per heavy atom. The number of hydrogen-bond acceptors (Lipinski definition) is 2. The fourth-order valence-corrected chi connectivity index (χ4v) is 3.01. The molecular weight excluding hydrogens is 226 g/mol. The van der Waals surface area contributed by atoms with Crippen LogP contribution in [0.2, 0.25) is 0 Å². The van der Waals surface area contributed by atoms with Crippen LogP contribution in [0.5, 0.6) is 0 Å². The zero-order valence-electron chi connectivity index (χ0n) is 11.6. The van der Waals surface area contributed by atoms with E-state index in [-0.39, 0.29) is 6.03 Å². The first-order valence-electron chi connectivity index (χ1n) is 7.52. The average Bonchev–Trinajstić information content (AvgIpc) is 2.40. The Labute approximate surface area is 110 Å². The standard InChI is InChI=1S/C14H27N3O/c1-12-5-4-10-17(11-12)14(18)16-9-7-13-6-2-3-8-15-13/h12-13,15H,2-11H2,1H3,(H,16,18). The molecule has 0 bridgehead atoms. The summed E-state index contributed by atoms with van der Waals surface area (Å²) in [5.74, 6) is 0.657. The van der Waals surface area contributed by atoms with Crippen molar-refractivity contribution < 1.29 is 4.79 Å². The second-order valence-corrected chi connectivity index (χ2v) is 5.86. The molecule has 4 heteroatoms. The van der Waals surface area contributed by atoms with Crippen LogP contribution < -0.4 is 10.6 Å². The fourth-order valence-electron chi connectivity index (χ4n) is 3.01. The van der Waals surface area contributed by atoms with Crippen molar-refractivity contribution in [3.05, 3.63) is 0 Å². The molecule has 0 aliphatic carbocycles. The number of rotatable bonds is 3. The molecule has 0 aromatic rings. The SMILES string of the molecule is CC1CCCN(C(=O)NCCC2CCCCN2)C1. The lowest BCUT2D eigenvalue weighted by Crippen LogP contribution is -2.46. The molecule has 2 saturated heterocycles. The van der Waals surface area contributed by atoms with Gasteiger partial charge in [0.2, 0.25) is 0 Å². The van der Waals surface area contributed by atoms with Crippen LogP contribution >= 0.6 is 0 Å². The van der Waals surface area contributed by atoms with Gasteiger partial charge in [0.1, 0.15) is 0 Å². The fraction of sp³-hybridized carbons (Fsp3) is 0.929. The summed E-state index contributed by atoms with van der Waals surface area (Å²) < 4.78 is 0. The molecular formula is C14H27N3O. The maximum Gasteiger partial charge on any atom is 0.317 e. The smallest absolute Gasteiger partial charge is 0.317 e. The van der Waals surface area contributed by atoms with E-state index in [2.05, 4.69) is 17.6 Å². The molecule has 0 spiro atoms. The quantitative estimate of drug-likeness (QED) is 0.807. The molecule has 0 aromatic heterocycles. The number of nitrogens with zero attached hydrogens (tertiary/aromatic N) is 1. The summed E-state index contributed by atoms with van der Waals surface area (Å²) in [7, 11) is 0. The lowest BCUT2D eigenvalue weighted by molar-refractivity contribution is 0.169. The van der Waals surface area contributed by atoms with Crippen LogP contribution in [-0.4, -0.2) is 43.2 Å². The van der Waals surface area contributed by atoms with E-state index in [1.807, 2.05) is 4.90 Å². The van der Waals surface area contributed by atoms with E-state index in [4.69, 9.17) is 0 Å². The molecule has 2 atom stereocenters. The predicted molar refractivity (Wildman–Crippen MR) is 73.6 cm³/mol. The van der Waals surface area contributed by atoms with E-state index in [9.17, 15) is 4.79 Å². The Kier molecular flexibility index (Phi) is 5.29. The average molecular weight is 253 g/mol. The zero-order chi connectivity index (χ0) is 12.8. The first kappa shape index (κ1) is 13.7. The van der Waals surface area contributed by atoms with Gasteiger partial charge in [0.15, 0.2) is 0 Å². The van der Waals surface area contributed by atoms with Crippen molar-refractivity contribution >= 4 is 6.03 Å². The van der Waals surface area contributed by atoms with Gasteiger partial charge in [-0.15, -0.1) is 0 Å². The normalized spacial score (nSPS) is 29.1. The van der Waals surface area contributed by atoms with Gasteiger partial charge >= 0.3 is 6.03 Å². The predicted octanol–water partition coefficient (Wildman–Crippen LogP) is 1.96. The first-order chi connectivity index (χ1) is 8.75. The third-order valence-corrected chi connectivity index (χ3v) is 4.13. The van der Waals surface area contributed by atoms with Crippen molar-refractivity contribution in [3.63, 3.8) is 0 Å². The highest BCUT2D eigenvalue weighted by molar-refractivity contribution is 5.74. The van der Waals surface area contributed by atoms with E-state index in [0.29, 0.717) is 12.0 Å². The molecule has 2 heterocycles. The highest BCUT2D eigenvalue weighted by Crippen LogP contribution is 2.15. The molecule has 2 aliphatic rings. The molecule has 2 aliphatic heterocycles. The van der Waals surface area contributed by atoms with E-state index in [1.165, 1.54) is 25.7 Å². The van der Waals surface area contributed by atoms with Crippen LogP contribution in [-0.2, 0) is 0 Å². The Morgan fingerprint density at radius 1 is 1.33 bits per heavy atom. The number of nitrogens with one attached hydrogen (secondary N) is 2. The van der Waals surface area contributed by atoms with Crippen LogP contribution in [0.3, 0.4) is 0 Å². The summed E-state index contributed by atoms with van der Waals surface area (Å²) in [4.78, 5) is 14.0. The van der Waals surface area contributed by atoms with Crippen molar-refractivity contribution in [1.29, 1.82) is 0 Å². The number of carbonyl (C=O) groups excluding carboxylic acids is 1. The van der Waals surface area contributed by atoms with Gasteiger partial charge in [-0.1, -0.05) is 13.3 Å². The van der Waals surface area contributed by atoms with E-state index in [1.54, 1.807) is 0 Å². The molecule has 4 nitrogen and oxygen atoms in total. The molecule has 2 N–H and O–H groups in total. The summed E-state index contributed by atoms with van der Waals surface area (Å²) in [6.07, 6.45) is 7.37. The van der Waals surface area contributed by atoms with E-state index >= 15 is 0 Å². The molecule has 2 unspecified atom stereocenters. The minimum Gasteiger partial charge on any atom is -0.338 e. The summed E-state index contributed by atoms with van der Waals surface area (Å²) in [6.45, 7) is 6.03. The molecule has 2 rings (SSSR count). The highest BCUT2D eigenvalue weighted by Gasteiger charge is 2.20. The van der Waals surface area contributed by atoms with Crippen LogP contribution in [0.25, 0.3) is 0 Å². The first-order valence-corrected chi connectivity index (χ1v) is 7.52. The van der Waals surface area contributed by atoms with Gasteiger partial charge in [0.25, 0.3) is 0 Å². The second-order valence-electron chi connectivity index (χ2n) is 5.86. The number of likely N-dealkylation sites (tertiary alicyclic amines) is 1. The lowest BCUT2D eigenvalue weighted by atomic mass is 10.0. The molecule has 2 amide bonds. The van der Waals surface area contributed by atoms with Crippen LogP contribution in [0, 0.1) is 5.92 Å². The largest absolute Gasteiger partial charge is 0.338 e. The summed E-state index contributed by atoms with van der Waals surface area (Å²) in [6, 6.07) is 0.747. The number of urea groups is 1. The molecule has 2 fully saturated rings.